The fourth-order valence-corrected chi connectivity index (χ4v) is 5.34. The molecule has 0 unspecified atom stereocenters. The standard InChI is InChI=1S/C12H12FIN2O2S2/c1-7-6-19-11(5-15)12(7)20(17,18)16-10-3-2-8(13)4-9(10)14/h2-4,6,16H,5,15H2,1H3. The Kier molecular flexibility index (Phi) is 4.67. The third kappa shape index (κ3) is 3.13. The maximum Gasteiger partial charge on any atom is 0.263 e. The van der Waals surface area contributed by atoms with Crippen molar-refractivity contribution in [2.45, 2.75) is 18.4 Å². The topological polar surface area (TPSA) is 72.2 Å². The molecule has 2 aromatic rings. The maximum absolute atomic E-state index is 13.0. The van der Waals surface area contributed by atoms with Crippen molar-refractivity contribution in [3.63, 3.8) is 0 Å². The highest BCUT2D eigenvalue weighted by molar-refractivity contribution is 14.1. The Morgan fingerprint density at radius 2 is 2.15 bits per heavy atom. The molecule has 0 spiro atoms. The lowest BCUT2D eigenvalue weighted by molar-refractivity contribution is 0.599. The van der Waals surface area contributed by atoms with Gasteiger partial charge in [-0.05, 0) is 58.7 Å². The molecule has 3 N–H and O–H groups in total. The number of thiophene rings is 1. The van der Waals surface area contributed by atoms with Crippen LogP contribution in [-0.2, 0) is 16.6 Å². The van der Waals surface area contributed by atoms with E-state index in [1.807, 2.05) is 22.6 Å². The zero-order chi connectivity index (χ0) is 14.9. The van der Waals surface area contributed by atoms with Crippen molar-refractivity contribution in [1.82, 2.24) is 0 Å². The molecule has 0 saturated carbocycles. The van der Waals surface area contributed by atoms with Gasteiger partial charge in [0.2, 0.25) is 0 Å². The van der Waals surface area contributed by atoms with Gasteiger partial charge in [-0.3, -0.25) is 4.72 Å². The average Bonchev–Trinajstić information content (AvgIpc) is 2.75. The van der Waals surface area contributed by atoms with Crippen LogP contribution < -0.4 is 10.5 Å². The van der Waals surface area contributed by atoms with E-state index in [1.165, 1.54) is 29.5 Å². The Morgan fingerprint density at radius 3 is 2.75 bits per heavy atom. The molecule has 0 aliphatic heterocycles. The smallest absolute Gasteiger partial charge is 0.263 e. The van der Waals surface area contributed by atoms with Crippen LogP contribution in [0.2, 0.25) is 0 Å². The van der Waals surface area contributed by atoms with Gasteiger partial charge < -0.3 is 5.73 Å². The highest BCUT2D eigenvalue weighted by Crippen LogP contribution is 2.29. The second-order valence-corrected chi connectivity index (χ2v) is 7.85. The maximum atomic E-state index is 13.0. The summed E-state index contributed by atoms with van der Waals surface area (Å²) in [6, 6.07) is 3.88. The van der Waals surface area contributed by atoms with Gasteiger partial charge >= 0.3 is 0 Å². The second kappa shape index (κ2) is 5.96. The third-order valence-electron chi connectivity index (χ3n) is 2.62. The van der Waals surface area contributed by atoms with E-state index >= 15 is 0 Å². The van der Waals surface area contributed by atoms with Gasteiger partial charge in [0, 0.05) is 15.0 Å². The van der Waals surface area contributed by atoms with E-state index in [0.29, 0.717) is 19.7 Å². The average molecular weight is 426 g/mol. The van der Waals surface area contributed by atoms with Gasteiger partial charge in [0.05, 0.1) is 5.69 Å². The van der Waals surface area contributed by atoms with Crippen molar-refractivity contribution >= 4 is 49.6 Å². The van der Waals surface area contributed by atoms with Gasteiger partial charge in [0.25, 0.3) is 10.0 Å². The van der Waals surface area contributed by atoms with Crippen LogP contribution in [0.5, 0.6) is 0 Å². The Morgan fingerprint density at radius 1 is 1.45 bits per heavy atom. The van der Waals surface area contributed by atoms with Crippen molar-refractivity contribution in [2.75, 3.05) is 4.72 Å². The molecule has 0 saturated heterocycles. The minimum absolute atomic E-state index is 0.162. The molecule has 8 heteroatoms. The van der Waals surface area contributed by atoms with E-state index in [1.54, 1.807) is 12.3 Å². The molecule has 108 valence electrons. The van der Waals surface area contributed by atoms with Crippen molar-refractivity contribution in [1.29, 1.82) is 0 Å². The van der Waals surface area contributed by atoms with Crippen LogP contribution in [0.1, 0.15) is 10.4 Å². The molecule has 1 aromatic heterocycles. The number of nitrogens with two attached hydrogens (primary N) is 1. The summed E-state index contributed by atoms with van der Waals surface area (Å²) in [6.45, 7) is 1.88. The zero-order valence-electron chi connectivity index (χ0n) is 10.5. The largest absolute Gasteiger partial charge is 0.326 e. The highest BCUT2D eigenvalue weighted by Gasteiger charge is 2.23. The first-order valence-electron chi connectivity index (χ1n) is 5.60. The summed E-state index contributed by atoms with van der Waals surface area (Å²) in [5.74, 6) is -0.410. The van der Waals surface area contributed by atoms with E-state index in [4.69, 9.17) is 5.73 Å². The lowest BCUT2D eigenvalue weighted by atomic mass is 10.3. The Balaban J connectivity index is 2.43. The van der Waals surface area contributed by atoms with E-state index in [0.717, 1.165) is 0 Å². The monoisotopic (exact) mass is 426 g/mol. The molecular weight excluding hydrogens is 414 g/mol. The highest BCUT2D eigenvalue weighted by atomic mass is 127. The van der Waals surface area contributed by atoms with Crippen LogP contribution in [0, 0.1) is 16.3 Å². The first kappa shape index (κ1) is 15.7. The van der Waals surface area contributed by atoms with E-state index < -0.39 is 15.8 Å². The predicted octanol–water partition coefficient (Wildman–Crippen LogP) is 3.06. The molecule has 1 heterocycles. The quantitative estimate of drug-likeness (QED) is 0.739. The minimum Gasteiger partial charge on any atom is -0.326 e. The molecule has 0 aliphatic rings. The fraction of sp³-hybridized carbons (Fsp3) is 0.167. The van der Waals surface area contributed by atoms with Gasteiger partial charge in [-0.1, -0.05) is 0 Å². The number of halogens is 2. The summed E-state index contributed by atoms with van der Waals surface area (Å²) in [6.07, 6.45) is 0. The van der Waals surface area contributed by atoms with Gasteiger partial charge in [-0.15, -0.1) is 11.3 Å². The van der Waals surface area contributed by atoms with Crippen molar-refractivity contribution in [3.8, 4) is 0 Å². The lowest BCUT2D eigenvalue weighted by Gasteiger charge is -2.11. The molecule has 0 amide bonds. The lowest BCUT2D eigenvalue weighted by Crippen LogP contribution is -2.16. The molecule has 0 radical (unpaired) electrons. The van der Waals surface area contributed by atoms with Gasteiger partial charge in [0.15, 0.2) is 0 Å². The Hall–Kier alpha value is -0.710. The SMILES string of the molecule is Cc1csc(CN)c1S(=O)(=O)Nc1ccc(F)cc1I. The number of rotatable bonds is 4. The predicted molar refractivity (Wildman–Crippen MR) is 86.9 cm³/mol. The number of hydrogen-bond acceptors (Lipinski definition) is 4. The normalized spacial score (nSPS) is 11.6. The first-order valence-corrected chi connectivity index (χ1v) is 9.04. The van der Waals surface area contributed by atoms with Crippen LogP contribution in [0.15, 0.2) is 28.5 Å². The summed E-state index contributed by atoms with van der Waals surface area (Å²) in [5, 5.41) is 1.76. The summed E-state index contributed by atoms with van der Waals surface area (Å²) >= 11 is 3.20. The van der Waals surface area contributed by atoms with E-state index in [-0.39, 0.29) is 11.4 Å². The van der Waals surface area contributed by atoms with Crippen molar-refractivity contribution in [3.05, 3.63) is 43.4 Å². The molecule has 20 heavy (non-hydrogen) atoms. The van der Waals surface area contributed by atoms with Crippen LogP contribution >= 0.6 is 33.9 Å². The van der Waals surface area contributed by atoms with Gasteiger partial charge in [0.1, 0.15) is 10.7 Å². The summed E-state index contributed by atoms with van der Waals surface area (Å²) < 4.78 is 40.9. The second-order valence-electron chi connectivity index (χ2n) is 4.10. The number of aryl methyl sites for hydroxylation is 1. The number of benzene rings is 1. The summed E-state index contributed by atoms with van der Waals surface area (Å²) in [5.41, 5.74) is 6.57. The van der Waals surface area contributed by atoms with Crippen molar-refractivity contribution < 1.29 is 12.8 Å². The van der Waals surface area contributed by atoms with Crippen LogP contribution in [0.25, 0.3) is 0 Å². The molecule has 0 bridgehead atoms. The Bertz CT molecular complexity index is 744. The zero-order valence-corrected chi connectivity index (χ0v) is 14.3. The molecular formula is C12H12FIN2O2S2. The fourth-order valence-electron chi connectivity index (χ4n) is 1.76. The molecule has 1 aromatic carbocycles. The Labute approximate surface area is 134 Å². The number of anilines is 1. The van der Waals surface area contributed by atoms with Crippen LogP contribution in [0.4, 0.5) is 10.1 Å². The third-order valence-corrected chi connectivity index (χ3v) is 6.36. The molecule has 0 fully saturated rings. The van der Waals surface area contributed by atoms with Crippen LogP contribution in [-0.4, -0.2) is 8.42 Å². The molecule has 0 aliphatic carbocycles. The first-order chi connectivity index (χ1) is 9.35. The minimum atomic E-state index is -3.73. The molecule has 0 atom stereocenters. The van der Waals surface area contributed by atoms with E-state index in [2.05, 4.69) is 4.72 Å². The number of nitrogens with one attached hydrogen (secondary N) is 1. The number of sulfonamides is 1. The van der Waals surface area contributed by atoms with Gasteiger partial charge in [-0.2, -0.15) is 0 Å². The molecule has 2 rings (SSSR count). The molecule has 4 nitrogen and oxygen atoms in total. The number of hydrogen-bond donors (Lipinski definition) is 2. The summed E-state index contributed by atoms with van der Waals surface area (Å²) in [4.78, 5) is 0.817. The summed E-state index contributed by atoms with van der Waals surface area (Å²) in [7, 11) is -3.73. The van der Waals surface area contributed by atoms with Gasteiger partial charge in [-0.25, -0.2) is 12.8 Å². The van der Waals surface area contributed by atoms with Crippen LogP contribution in [0.3, 0.4) is 0 Å². The van der Waals surface area contributed by atoms with E-state index in [9.17, 15) is 12.8 Å². The van der Waals surface area contributed by atoms with Crippen molar-refractivity contribution in [2.24, 2.45) is 5.73 Å².